The van der Waals surface area contributed by atoms with Gasteiger partial charge >= 0.3 is 5.97 Å². The van der Waals surface area contributed by atoms with Crippen molar-refractivity contribution in [3.05, 3.63) is 65.5 Å². The second-order valence-corrected chi connectivity index (χ2v) is 5.75. The quantitative estimate of drug-likeness (QED) is 0.678. The number of aryl methyl sites for hydroxylation is 1. The molecule has 0 aliphatic carbocycles. The zero-order valence-corrected chi connectivity index (χ0v) is 14.5. The maximum atomic E-state index is 13.4. The van der Waals surface area contributed by atoms with Crippen molar-refractivity contribution in [2.45, 2.75) is 25.8 Å². The van der Waals surface area contributed by atoms with Crippen LogP contribution in [0.3, 0.4) is 0 Å². The largest absolute Gasteiger partial charge is 0.469 e. The van der Waals surface area contributed by atoms with E-state index in [1.54, 1.807) is 18.5 Å². The molecule has 0 spiro atoms. The molecule has 0 bridgehead atoms. The third-order valence-electron chi connectivity index (χ3n) is 3.87. The van der Waals surface area contributed by atoms with E-state index in [9.17, 15) is 18.4 Å². The minimum absolute atomic E-state index is 0.0266. The van der Waals surface area contributed by atoms with Gasteiger partial charge in [0.05, 0.1) is 13.5 Å². The molecule has 1 aromatic carbocycles. The molecule has 0 aliphatic rings. The molecule has 0 aliphatic heterocycles. The van der Waals surface area contributed by atoms with Crippen molar-refractivity contribution in [3.63, 3.8) is 0 Å². The van der Waals surface area contributed by atoms with Crippen LogP contribution in [0.1, 0.15) is 24.0 Å². The van der Waals surface area contributed by atoms with Crippen LogP contribution in [0.2, 0.25) is 0 Å². The molecule has 1 amide bonds. The smallest absolute Gasteiger partial charge is 0.307 e. The number of methoxy groups -OCH3 is 1. The van der Waals surface area contributed by atoms with E-state index in [0.717, 1.165) is 17.7 Å². The number of hydrogen-bond acceptors (Lipinski definition) is 4. The van der Waals surface area contributed by atoms with E-state index in [2.05, 4.69) is 9.72 Å². The lowest BCUT2D eigenvalue weighted by atomic mass is 10.1. The molecule has 7 heteroatoms. The molecule has 0 fully saturated rings. The van der Waals surface area contributed by atoms with Crippen molar-refractivity contribution in [2.24, 2.45) is 0 Å². The lowest BCUT2D eigenvalue weighted by Crippen LogP contribution is -2.33. The highest BCUT2D eigenvalue weighted by atomic mass is 19.2. The maximum Gasteiger partial charge on any atom is 0.307 e. The van der Waals surface area contributed by atoms with Crippen LogP contribution < -0.4 is 0 Å². The highest BCUT2D eigenvalue weighted by Gasteiger charge is 2.17. The van der Waals surface area contributed by atoms with Gasteiger partial charge in [-0.15, -0.1) is 0 Å². The topological polar surface area (TPSA) is 59.5 Å². The molecule has 0 saturated carbocycles. The van der Waals surface area contributed by atoms with Crippen LogP contribution in [-0.4, -0.2) is 35.4 Å². The van der Waals surface area contributed by atoms with Gasteiger partial charge in [-0.2, -0.15) is 0 Å². The molecule has 0 saturated heterocycles. The molecule has 1 heterocycles. The van der Waals surface area contributed by atoms with Gasteiger partial charge in [0.2, 0.25) is 5.91 Å². The van der Waals surface area contributed by atoms with Crippen molar-refractivity contribution >= 4 is 11.9 Å². The van der Waals surface area contributed by atoms with Crippen LogP contribution in [0.5, 0.6) is 0 Å². The first-order chi connectivity index (χ1) is 12.5. The first kappa shape index (κ1) is 19.5. The summed E-state index contributed by atoms with van der Waals surface area (Å²) in [6.45, 7) is 0.220. The summed E-state index contributed by atoms with van der Waals surface area (Å²) < 4.78 is 31.1. The number of hydrogen-bond donors (Lipinski definition) is 0. The number of nitrogens with zero attached hydrogens (tertiary/aromatic N) is 2. The van der Waals surface area contributed by atoms with Crippen molar-refractivity contribution in [3.8, 4) is 0 Å². The fraction of sp³-hybridized carbons (Fsp3) is 0.316. The SMILES string of the molecule is COC(=O)CCN(Cc1ccc(F)c(F)c1)C(=O)CCc1cccnc1. The van der Waals surface area contributed by atoms with Gasteiger partial charge in [-0.3, -0.25) is 14.6 Å². The Labute approximate surface area is 150 Å². The van der Waals surface area contributed by atoms with Crippen LogP contribution in [-0.2, 0) is 27.3 Å². The lowest BCUT2D eigenvalue weighted by Gasteiger charge is -2.22. The highest BCUT2D eigenvalue weighted by Crippen LogP contribution is 2.13. The first-order valence-electron chi connectivity index (χ1n) is 8.17. The molecular weight excluding hydrogens is 342 g/mol. The summed E-state index contributed by atoms with van der Waals surface area (Å²) in [7, 11) is 1.27. The predicted octanol–water partition coefficient (Wildman–Crippen LogP) is 2.88. The number of halogens is 2. The summed E-state index contributed by atoms with van der Waals surface area (Å²) >= 11 is 0. The molecular formula is C19H20F2N2O3. The van der Waals surface area contributed by atoms with Gasteiger partial charge in [-0.25, -0.2) is 8.78 Å². The summed E-state index contributed by atoms with van der Waals surface area (Å²) in [5.41, 5.74) is 1.37. The number of carbonyl (C=O) groups excluding carboxylic acids is 2. The maximum absolute atomic E-state index is 13.4. The lowest BCUT2D eigenvalue weighted by molar-refractivity contribution is -0.142. The summed E-state index contributed by atoms with van der Waals surface area (Å²) in [6.07, 6.45) is 4.08. The van der Waals surface area contributed by atoms with Crippen LogP contribution in [0.4, 0.5) is 8.78 Å². The monoisotopic (exact) mass is 362 g/mol. The van der Waals surface area contributed by atoms with E-state index in [-0.39, 0.29) is 31.8 Å². The van der Waals surface area contributed by atoms with Gasteiger partial charge in [0.15, 0.2) is 11.6 Å². The van der Waals surface area contributed by atoms with E-state index in [0.29, 0.717) is 12.0 Å². The molecule has 0 unspecified atom stereocenters. The Bertz CT molecular complexity index is 754. The zero-order valence-electron chi connectivity index (χ0n) is 14.5. The third kappa shape index (κ3) is 5.91. The van der Waals surface area contributed by atoms with Gasteiger partial charge in [-0.1, -0.05) is 12.1 Å². The Morgan fingerprint density at radius 3 is 2.58 bits per heavy atom. The Hall–Kier alpha value is -2.83. The van der Waals surface area contributed by atoms with Crippen LogP contribution in [0, 0.1) is 11.6 Å². The van der Waals surface area contributed by atoms with Crippen molar-refractivity contribution in [1.82, 2.24) is 9.88 Å². The van der Waals surface area contributed by atoms with Crippen molar-refractivity contribution in [1.29, 1.82) is 0 Å². The first-order valence-corrected chi connectivity index (χ1v) is 8.17. The Balaban J connectivity index is 2.04. The Morgan fingerprint density at radius 1 is 1.12 bits per heavy atom. The van der Waals surface area contributed by atoms with Gasteiger partial charge in [0.1, 0.15) is 0 Å². The number of rotatable bonds is 8. The predicted molar refractivity (Wildman–Crippen MR) is 91.0 cm³/mol. The number of ether oxygens (including phenoxy) is 1. The van der Waals surface area contributed by atoms with E-state index in [4.69, 9.17) is 0 Å². The molecule has 0 atom stereocenters. The van der Waals surface area contributed by atoms with Gasteiger partial charge in [-0.05, 0) is 35.7 Å². The van der Waals surface area contributed by atoms with Crippen LogP contribution >= 0.6 is 0 Å². The second-order valence-electron chi connectivity index (χ2n) is 5.75. The Kier molecular flexibility index (Phi) is 7.20. The number of esters is 1. The fourth-order valence-electron chi connectivity index (χ4n) is 2.43. The molecule has 2 aromatic rings. The normalized spacial score (nSPS) is 10.4. The summed E-state index contributed by atoms with van der Waals surface area (Å²) in [5, 5.41) is 0. The summed E-state index contributed by atoms with van der Waals surface area (Å²) in [6, 6.07) is 7.14. The third-order valence-corrected chi connectivity index (χ3v) is 3.87. The molecule has 2 rings (SSSR count). The number of carbonyl (C=O) groups is 2. The average Bonchev–Trinajstić information content (AvgIpc) is 2.66. The van der Waals surface area contributed by atoms with E-state index in [1.807, 2.05) is 6.07 Å². The van der Waals surface area contributed by atoms with Crippen molar-refractivity contribution < 1.29 is 23.1 Å². The Morgan fingerprint density at radius 2 is 1.92 bits per heavy atom. The van der Waals surface area contributed by atoms with Gasteiger partial charge in [0, 0.05) is 31.9 Å². The molecule has 5 nitrogen and oxygen atoms in total. The van der Waals surface area contributed by atoms with Crippen LogP contribution in [0.25, 0.3) is 0 Å². The highest BCUT2D eigenvalue weighted by molar-refractivity contribution is 5.77. The second kappa shape index (κ2) is 9.60. The molecule has 26 heavy (non-hydrogen) atoms. The molecule has 138 valence electrons. The molecule has 1 aromatic heterocycles. The average molecular weight is 362 g/mol. The van der Waals surface area contributed by atoms with E-state index in [1.165, 1.54) is 18.1 Å². The van der Waals surface area contributed by atoms with Crippen molar-refractivity contribution in [2.75, 3.05) is 13.7 Å². The summed E-state index contributed by atoms with van der Waals surface area (Å²) in [4.78, 5) is 29.4. The van der Waals surface area contributed by atoms with Crippen LogP contribution in [0.15, 0.2) is 42.7 Å². The van der Waals surface area contributed by atoms with Gasteiger partial charge in [0.25, 0.3) is 0 Å². The molecule has 0 radical (unpaired) electrons. The van der Waals surface area contributed by atoms with E-state index >= 15 is 0 Å². The standard InChI is InChI=1S/C19H20F2N2O3/c1-26-19(25)8-10-23(13-15-4-6-16(20)17(21)11-15)18(24)7-5-14-3-2-9-22-12-14/h2-4,6,9,11-12H,5,7-8,10,13H2,1H3. The molecule has 0 N–H and O–H groups in total. The fourth-order valence-corrected chi connectivity index (χ4v) is 2.43. The minimum atomic E-state index is -0.974. The van der Waals surface area contributed by atoms with Gasteiger partial charge < -0.3 is 9.64 Å². The minimum Gasteiger partial charge on any atom is -0.469 e. The number of amides is 1. The van der Waals surface area contributed by atoms with E-state index < -0.39 is 17.6 Å². The zero-order chi connectivity index (χ0) is 18.9. The number of benzene rings is 1. The number of pyridine rings is 1. The summed E-state index contributed by atoms with van der Waals surface area (Å²) in [5.74, 6) is -2.56. The number of aromatic nitrogens is 1.